The highest BCUT2D eigenvalue weighted by molar-refractivity contribution is 9.10. The monoisotopic (exact) mass is 266 g/mol. The van der Waals surface area contributed by atoms with Gasteiger partial charge in [-0.25, -0.2) is 0 Å². The SMILES string of the molecule is C#CCCC(NN)c1ccc(Br)c(C)c1. The third-order valence-corrected chi connectivity index (χ3v) is 3.25. The normalized spacial score (nSPS) is 12.1. The van der Waals surface area contributed by atoms with Gasteiger partial charge in [0.25, 0.3) is 0 Å². The summed E-state index contributed by atoms with van der Waals surface area (Å²) in [5.41, 5.74) is 5.17. The zero-order valence-electron chi connectivity index (χ0n) is 8.76. The van der Waals surface area contributed by atoms with Crippen molar-refractivity contribution in [2.75, 3.05) is 0 Å². The number of nitrogens with one attached hydrogen (secondary N) is 1. The van der Waals surface area contributed by atoms with E-state index in [0.717, 1.165) is 17.3 Å². The molecular formula is C12H15BrN2. The summed E-state index contributed by atoms with van der Waals surface area (Å²) >= 11 is 3.47. The van der Waals surface area contributed by atoms with E-state index in [4.69, 9.17) is 12.3 Å². The average molecular weight is 267 g/mol. The zero-order valence-corrected chi connectivity index (χ0v) is 10.3. The minimum atomic E-state index is 0.132. The van der Waals surface area contributed by atoms with Gasteiger partial charge in [0.1, 0.15) is 0 Å². The quantitative estimate of drug-likeness (QED) is 0.500. The van der Waals surface area contributed by atoms with Crippen molar-refractivity contribution in [1.82, 2.24) is 5.43 Å². The molecule has 1 rings (SSSR count). The van der Waals surface area contributed by atoms with E-state index in [1.165, 1.54) is 11.1 Å². The zero-order chi connectivity index (χ0) is 11.3. The van der Waals surface area contributed by atoms with Crippen LogP contribution in [0.25, 0.3) is 0 Å². The molecule has 15 heavy (non-hydrogen) atoms. The highest BCUT2D eigenvalue weighted by Gasteiger charge is 2.09. The van der Waals surface area contributed by atoms with Crippen LogP contribution in [0.1, 0.15) is 30.0 Å². The van der Waals surface area contributed by atoms with Crippen LogP contribution in [0.5, 0.6) is 0 Å². The molecule has 0 fully saturated rings. The second kappa shape index (κ2) is 5.92. The van der Waals surface area contributed by atoms with Crippen molar-refractivity contribution in [3.63, 3.8) is 0 Å². The van der Waals surface area contributed by atoms with Gasteiger partial charge in [-0.3, -0.25) is 11.3 Å². The lowest BCUT2D eigenvalue weighted by atomic mass is 10.0. The predicted octanol–water partition coefficient (Wildman–Crippen LogP) is 2.68. The summed E-state index contributed by atoms with van der Waals surface area (Å²) in [6.45, 7) is 2.06. The van der Waals surface area contributed by atoms with Crippen molar-refractivity contribution in [3.8, 4) is 12.3 Å². The second-order valence-electron chi connectivity index (χ2n) is 3.47. The molecule has 0 heterocycles. The van der Waals surface area contributed by atoms with Crippen molar-refractivity contribution in [2.45, 2.75) is 25.8 Å². The molecule has 0 bridgehead atoms. The summed E-state index contributed by atoms with van der Waals surface area (Å²) in [5, 5.41) is 0. The first-order valence-electron chi connectivity index (χ1n) is 4.84. The first kappa shape index (κ1) is 12.3. The van der Waals surface area contributed by atoms with E-state index in [-0.39, 0.29) is 6.04 Å². The maximum Gasteiger partial charge on any atom is 0.0469 e. The van der Waals surface area contributed by atoms with Crippen LogP contribution < -0.4 is 11.3 Å². The van der Waals surface area contributed by atoms with E-state index in [1.54, 1.807) is 0 Å². The van der Waals surface area contributed by atoms with Crippen molar-refractivity contribution in [2.24, 2.45) is 5.84 Å². The Bertz CT molecular complexity index is 368. The molecule has 3 heteroatoms. The van der Waals surface area contributed by atoms with Crippen molar-refractivity contribution >= 4 is 15.9 Å². The van der Waals surface area contributed by atoms with Gasteiger partial charge in [-0.05, 0) is 30.5 Å². The molecule has 0 saturated heterocycles. The van der Waals surface area contributed by atoms with Crippen molar-refractivity contribution in [1.29, 1.82) is 0 Å². The predicted molar refractivity (Wildman–Crippen MR) is 67.0 cm³/mol. The highest BCUT2D eigenvalue weighted by atomic mass is 79.9. The fourth-order valence-corrected chi connectivity index (χ4v) is 1.71. The molecule has 1 aromatic carbocycles. The molecule has 0 radical (unpaired) electrons. The molecule has 1 unspecified atom stereocenters. The first-order valence-corrected chi connectivity index (χ1v) is 5.64. The maximum atomic E-state index is 5.50. The van der Waals surface area contributed by atoms with Crippen LogP contribution in [0.4, 0.5) is 0 Å². The van der Waals surface area contributed by atoms with E-state index in [0.29, 0.717) is 0 Å². The summed E-state index contributed by atoms with van der Waals surface area (Å²) in [6, 6.07) is 6.33. The average Bonchev–Trinajstić information content (AvgIpc) is 2.24. The van der Waals surface area contributed by atoms with Crippen LogP contribution in [0.2, 0.25) is 0 Å². The summed E-state index contributed by atoms with van der Waals surface area (Å²) < 4.78 is 1.11. The number of nitrogens with two attached hydrogens (primary N) is 1. The molecule has 0 aromatic heterocycles. The smallest absolute Gasteiger partial charge is 0.0469 e. The van der Waals surface area contributed by atoms with Crippen molar-refractivity contribution in [3.05, 3.63) is 33.8 Å². The van der Waals surface area contributed by atoms with E-state index < -0.39 is 0 Å². The Morgan fingerprint density at radius 3 is 2.87 bits per heavy atom. The molecular weight excluding hydrogens is 252 g/mol. The fraction of sp³-hybridized carbons (Fsp3) is 0.333. The van der Waals surface area contributed by atoms with Gasteiger partial charge >= 0.3 is 0 Å². The number of aryl methyl sites for hydroxylation is 1. The maximum absolute atomic E-state index is 5.50. The molecule has 0 aliphatic rings. The van der Waals surface area contributed by atoms with Crippen LogP contribution in [0.15, 0.2) is 22.7 Å². The number of halogens is 1. The van der Waals surface area contributed by atoms with Crippen LogP contribution in [-0.2, 0) is 0 Å². The van der Waals surface area contributed by atoms with Crippen LogP contribution >= 0.6 is 15.9 Å². The third-order valence-electron chi connectivity index (χ3n) is 2.36. The Labute approximate surface area is 99.3 Å². The molecule has 3 N–H and O–H groups in total. The molecule has 0 saturated carbocycles. The molecule has 0 aliphatic carbocycles. The summed E-state index contributed by atoms with van der Waals surface area (Å²) in [6.07, 6.45) is 6.82. The van der Waals surface area contributed by atoms with Crippen LogP contribution in [0.3, 0.4) is 0 Å². The third kappa shape index (κ3) is 3.35. The van der Waals surface area contributed by atoms with Gasteiger partial charge in [0.05, 0.1) is 0 Å². The number of benzene rings is 1. The Hall–Kier alpha value is -0.820. The number of rotatable bonds is 4. The Morgan fingerprint density at radius 1 is 1.60 bits per heavy atom. The summed E-state index contributed by atoms with van der Waals surface area (Å²) in [7, 11) is 0. The number of hydrogen-bond donors (Lipinski definition) is 2. The van der Waals surface area contributed by atoms with Crippen LogP contribution in [0, 0.1) is 19.3 Å². The van der Waals surface area contributed by atoms with Gasteiger partial charge < -0.3 is 0 Å². The van der Waals surface area contributed by atoms with Gasteiger partial charge in [0.15, 0.2) is 0 Å². The van der Waals surface area contributed by atoms with E-state index in [1.807, 2.05) is 6.07 Å². The molecule has 0 aliphatic heterocycles. The number of terminal acetylenes is 1. The Kier molecular flexibility index (Phi) is 4.83. The standard InChI is InChI=1S/C12H15BrN2/c1-3-4-5-12(15-14)10-6-7-11(13)9(2)8-10/h1,6-8,12,15H,4-5,14H2,2H3. The Morgan fingerprint density at radius 2 is 2.33 bits per heavy atom. The molecule has 0 amide bonds. The largest absolute Gasteiger partial charge is 0.271 e. The number of hydrazine groups is 1. The molecule has 80 valence electrons. The lowest BCUT2D eigenvalue weighted by Crippen LogP contribution is -2.27. The number of hydrogen-bond acceptors (Lipinski definition) is 2. The second-order valence-corrected chi connectivity index (χ2v) is 4.33. The Balaban J connectivity index is 2.83. The molecule has 1 aromatic rings. The van der Waals surface area contributed by atoms with Gasteiger partial charge in [-0.1, -0.05) is 28.1 Å². The molecule has 2 nitrogen and oxygen atoms in total. The van der Waals surface area contributed by atoms with E-state index in [9.17, 15) is 0 Å². The lowest BCUT2D eigenvalue weighted by molar-refractivity contribution is 0.523. The van der Waals surface area contributed by atoms with Crippen molar-refractivity contribution < 1.29 is 0 Å². The lowest BCUT2D eigenvalue weighted by Gasteiger charge is -2.16. The minimum Gasteiger partial charge on any atom is -0.271 e. The van der Waals surface area contributed by atoms with Crippen LogP contribution in [-0.4, -0.2) is 0 Å². The highest BCUT2D eigenvalue weighted by Crippen LogP contribution is 2.23. The molecule has 1 atom stereocenters. The van der Waals surface area contributed by atoms with Gasteiger partial charge in [-0.2, -0.15) is 0 Å². The molecule has 0 spiro atoms. The first-order chi connectivity index (χ1) is 7.19. The topological polar surface area (TPSA) is 38.0 Å². The van der Waals surface area contributed by atoms with E-state index in [2.05, 4.69) is 46.3 Å². The summed E-state index contributed by atoms with van der Waals surface area (Å²) in [4.78, 5) is 0. The fourth-order valence-electron chi connectivity index (χ4n) is 1.46. The van der Waals surface area contributed by atoms with Gasteiger partial charge in [0.2, 0.25) is 0 Å². The minimum absolute atomic E-state index is 0.132. The van der Waals surface area contributed by atoms with Gasteiger partial charge in [0, 0.05) is 16.9 Å². The summed E-state index contributed by atoms with van der Waals surface area (Å²) in [5.74, 6) is 8.13. The van der Waals surface area contributed by atoms with Gasteiger partial charge in [-0.15, -0.1) is 12.3 Å². The van der Waals surface area contributed by atoms with E-state index >= 15 is 0 Å².